The van der Waals surface area contributed by atoms with Gasteiger partial charge in [0.15, 0.2) is 5.82 Å². The summed E-state index contributed by atoms with van der Waals surface area (Å²) in [6, 6.07) is 7.46. The zero-order valence-corrected chi connectivity index (χ0v) is 13.2. The van der Waals surface area contributed by atoms with Crippen LogP contribution >= 0.6 is 11.6 Å². The Morgan fingerprint density at radius 1 is 1.43 bits per heavy atom. The highest BCUT2D eigenvalue weighted by molar-refractivity contribution is 6.30. The van der Waals surface area contributed by atoms with Crippen LogP contribution < -0.4 is 15.4 Å². The van der Waals surface area contributed by atoms with Crippen molar-refractivity contribution in [1.29, 1.82) is 0 Å². The maximum atomic E-state index is 11.3. The van der Waals surface area contributed by atoms with Gasteiger partial charge in [-0.05, 0) is 24.1 Å². The molecule has 0 radical (unpaired) electrons. The Bertz CT molecular complexity index is 710. The first-order chi connectivity index (χ1) is 11.1. The average Bonchev–Trinajstić information content (AvgIpc) is 3.04. The van der Waals surface area contributed by atoms with Gasteiger partial charge in [0.25, 0.3) is 0 Å². The van der Waals surface area contributed by atoms with Crippen LogP contribution in [-0.4, -0.2) is 29.0 Å². The lowest BCUT2D eigenvalue weighted by Crippen LogP contribution is -2.27. The van der Waals surface area contributed by atoms with E-state index in [9.17, 15) is 4.79 Å². The molecule has 1 atom stereocenters. The zero-order valence-electron chi connectivity index (χ0n) is 12.5. The van der Waals surface area contributed by atoms with Gasteiger partial charge in [-0.1, -0.05) is 23.7 Å². The molecule has 23 heavy (non-hydrogen) atoms. The number of primary amides is 1. The van der Waals surface area contributed by atoms with E-state index in [1.54, 1.807) is 12.4 Å². The molecule has 0 bridgehead atoms. The number of amides is 1. The van der Waals surface area contributed by atoms with E-state index in [1.165, 1.54) is 0 Å². The molecule has 1 aromatic heterocycles. The van der Waals surface area contributed by atoms with Crippen molar-refractivity contribution < 1.29 is 9.53 Å². The van der Waals surface area contributed by atoms with Crippen LogP contribution in [0.2, 0.25) is 5.02 Å². The minimum atomic E-state index is -0.270. The Hall–Kier alpha value is -2.34. The predicted octanol–water partition coefficient (Wildman–Crippen LogP) is 2.02. The summed E-state index contributed by atoms with van der Waals surface area (Å²) in [5.74, 6) is 0.726. The summed E-state index contributed by atoms with van der Waals surface area (Å²) >= 11 is 5.95. The fraction of sp³-hybridized carbons (Fsp3) is 0.312. The maximum Gasteiger partial charge on any atom is 0.234 e. The third-order valence-electron chi connectivity index (χ3n) is 3.79. The Balaban J connectivity index is 1.65. The van der Waals surface area contributed by atoms with Gasteiger partial charge >= 0.3 is 0 Å². The van der Waals surface area contributed by atoms with Crippen molar-refractivity contribution in [3.8, 4) is 5.88 Å². The SMILES string of the molecule is NC(=O)[C@H]1CCN(c2cncc(OCc3cccc(Cl)c3)n2)C1. The fourth-order valence-corrected chi connectivity index (χ4v) is 2.76. The molecular formula is C16H17ClN4O2. The lowest BCUT2D eigenvalue weighted by atomic mass is 10.1. The van der Waals surface area contributed by atoms with E-state index in [4.69, 9.17) is 22.1 Å². The van der Waals surface area contributed by atoms with Gasteiger partial charge in [0.2, 0.25) is 11.8 Å². The van der Waals surface area contributed by atoms with Gasteiger partial charge < -0.3 is 15.4 Å². The second kappa shape index (κ2) is 6.83. The summed E-state index contributed by atoms with van der Waals surface area (Å²) in [6.45, 7) is 1.67. The maximum absolute atomic E-state index is 11.3. The first kappa shape index (κ1) is 15.6. The standard InChI is InChI=1S/C16H17ClN4O2/c17-13-3-1-2-11(6-13)10-23-15-8-19-7-14(20-15)21-5-4-12(9-21)16(18)22/h1-3,6-8,12H,4-5,9-10H2,(H2,18,22)/t12-/m0/s1. The third-order valence-corrected chi connectivity index (χ3v) is 4.03. The monoisotopic (exact) mass is 332 g/mol. The number of hydrogen-bond acceptors (Lipinski definition) is 5. The molecule has 3 rings (SSSR count). The van der Waals surface area contributed by atoms with Crippen molar-refractivity contribution in [2.45, 2.75) is 13.0 Å². The van der Waals surface area contributed by atoms with Crippen LogP contribution in [0.15, 0.2) is 36.7 Å². The topological polar surface area (TPSA) is 81.3 Å². The summed E-state index contributed by atoms with van der Waals surface area (Å²) in [4.78, 5) is 21.9. The molecule has 0 spiro atoms. The van der Waals surface area contributed by atoms with Crippen LogP contribution in [0.1, 0.15) is 12.0 Å². The lowest BCUT2D eigenvalue weighted by Gasteiger charge is -2.17. The molecule has 1 aliphatic heterocycles. The Labute approximate surface area is 139 Å². The first-order valence-electron chi connectivity index (χ1n) is 7.35. The molecule has 1 fully saturated rings. The molecule has 2 aromatic rings. The van der Waals surface area contributed by atoms with Crippen LogP contribution in [0.4, 0.5) is 5.82 Å². The van der Waals surface area contributed by atoms with Crippen molar-refractivity contribution in [2.24, 2.45) is 11.7 Å². The number of benzene rings is 1. The number of carbonyl (C=O) groups is 1. The third kappa shape index (κ3) is 3.90. The second-order valence-electron chi connectivity index (χ2n) is 5.47. The van der Waals surface area contributed by atoms with Crippen molar-refractivity contribution in [2.75, 3.05) is 18.0 Å². The molecule has 7 heteroatoms. The van der Waals surface area contributed by atoms with Gasteiger partial charge in [0, 0.05) is 18.1 Å². The number of rotatable bonds is 5. The van der Waals surface area contributed by atoms with E-state index in [-0.39, 0.29) is 11.8 Å². The largest absolute Gasteiger partial charge is 0.472 e. The van der Waals surface area contributed by atoms with Crippen LogP contribution in [-0.2, 0) is 11.4 Å². The summed E-state index contributed by atoms with van der Waals surface area (Å²) in [5, 5.41) is 0.667. The lowest BCUT2D eigenvalue weighted by molar-refractivity contribution is -0.121. The molecule has 2 N–H and O–H groups in total. The normalized spacial score (nSPS) is 17.3. The van der Waals surface area contributed by atoms with Gasteiger partial charge in [-0.2, -0.15) is 4.98 Å². The summed E-state index contributed by atoms with van der Waals surface area (Å²) in [6.07, 6.45) is 3.97. The van der Waals surface area contributed by atoms with Crippen molar-refractivity contribution in [3.05, 3.63) is 47.2 Å². The van der Waals surface area contributed by atoms with Gasteiger partial charge in [0.1, 0.15) is 6.61 Å². The van der Waals surface area contributed by atoms with E-state index in [1.807, 2.05) is 29.2 Å². The Morgan fingerprint density at radius 2 is 2.30 bits per heavy atom. The van der Waals surface area contributed by atoms with Crippen molar-refractivity contribution in [1.82, 2.24) is 9.97 Å². The highest BCUT2D eigenvalue weighted by Crippen LogP contribution is 2.23. The average molecular weight is 333 g/mol. The molecule has 1 amide bonds. The summed E-state index contributed by atoms with van der Waals surface area (Å²) in [5.41, 5.74) is 6.31. The molecule has 1 saturated heterocycles. The number of aromatic nitrogens is 2. The van der Waals surface area contributed by atoms with Gasteiger partial charge in [0.05, 0.1) is 18.3 Å². The quantitative estimate of drug-likeness (QED) is 0.906. The highest BCUT2D eigenvalue weighted by Gasteiger charge is 2.27. The van der Waals surface area contributed by atoms with Gasteiger partial charge in [-0.3, -0.25) is 9.78 Å². The van der Waals surface area contributed by atoms with Crippen LogP contribution in [0.3, 0.4) is 0 Å². The minimum Gasteiger partial charge on any atom is -0.472 e. The molecule has 0 unspecified atom stereocenters. The van der Waals surface area contributed by atoms with Crippen LogP contribution in [0, 0.1) is 5.92 Å². The minimum absolute atomic E-state index is 0.132. The number of anilines is 1. The Morgan fingerprint density at radius 3 is 3.04 bits per heavy atom. The molecule has 2 heterocycles. The van der Waals surface area contributed by atoms with E-state index >= 15 is 0 Å². The summed E-state index contributed by atoms with van der Waals surface area (Å²) < 4.78 is 5.67. The highest BCUT2D eigenvalue weighted by atomic mass is 35.5. The number of nitrogens with zero attached hydrogens (tertiary/aromatic N) is 3. The molecule has 6 nitrogen and oxygen atoms in total. The molecule has 1 aromatic carbocycles. The van der Waals surface area contributed by atoms with Gasteiger partial charge in [-0.25, -0.2) is 0 Å². The fourth-order valence-electron chi connectivity index (χ4n) is 2.54. The number of nitrogens with two attached hydrogens (primary N) is 1. The molecule has 0 saturated carbocycles. The Kier molecular flexibility index (Phi) is 4.62. The second-order valence-corrected chi connectivity index (χ2v) is 5.90. The van der Waals surface area contributed by atoms with E-state index in [0.717, 1.165) is 18.5 Å². The smallest absolute Gasteiger partial charge is 0.234 e. The zero-order chi connectivity index (χ0) is 16.2. The van der Waals surface area contributed by atoms with Gasteiger partial charge in [-0.15, -0.1) is 0 Å². The van der Waals surface area contributed by atoms with Crippen LogP contribution in [0.25, 0.3) is 0 Å². The van der Waals surface area contributed by atoms with Crippen LogP contribution in [0.5, 0.6) is 5.88 Å². The molecule has 120 valence electrons. The van der Waals surface area contributed by atoms with E-state index in [2.05, 4.69) is 9.97 Å². The van der Waals surface area contributed by atoms with Crippen molar-refractivity contribution >= 4 is 23.3 Å². The number of hydrogen-bond donors (Lipinski definition) is 1. The molecular weight excluding hydrogens is 316 g/mol. The van der Waals surface area contributed by atoms with E-state index < -0.39 is 0 Å². The summed E-state index contributed by atoms with van der Waals surface area (Å²) in [7, 11) is 0. The molecule has 0 aliphatic carbocycles. The molecule has 1 aliphatic rings. The van der Waals surface area contributed by atoms with Crippen molar-refractivity contribution in [3.63, 3.8) is 0 Å². The number of ether oxygens (including phenoxy) is 1. The first-order valence-corrected chi connectivity index (χ1v) is 7.73. The predicted molar refractivity (Wildman–Crippen MR) is 87.3 cm³/mol. The number of halogens is 1. The van der Waals surface area contributed by atoms with E-state index in [0.29, 0.717) is 29.9 Å². The number of carbonyl (C=O) groups excluding carboxylic acids is 1.